The number of fused-ring (bicyclic) bond motifs is 1. The lowest BCUT2D eigenvalue weighted by Gasteiger charge is -2.29. The molecule has 0 bridgehead atoms. The van der Waals surface area contributed by atoms with E-state index in [2.05, 4.69) is 17.2 Å². The number of hydrogen-bond donors (Lipinski definition) is 1. The molecule has 1 N–H and O–H groups in total. The zero-order valence-corrected chi connectivity index (χ0v) is 11.4. The second kappa shape index (κ2) is 4.84. The Bertz CT molecular complexity index is 530. The maximum absolute atomic E-state index is 12.0. The van der Waals surface area contributed by atoms with Gasteiger partial charge in [0.15, 0.2) is 0 Å². The fraction of sp³-hybridized carbons (Fsp3) is 0.538. The van der Waals surface area contributed by atoms with Crippen LogP contribution in [0.5, 0.6) is 0 Å². The average molecular weight is 248 g/mol. The number of nitrogens with zero attached hydrogens (tertiary/aromatic N) is 3. The molecule has 98 valence electrons. The van der Waals surface area contributed by atoms with E-state index in [0.29, 0.717) is 0 Å². The van der Waals surface area contributed by atoms with Gasteiger partial charge in [-0.15, -0.1) is 0 Å². The zero-order chi connectivity index (χ0) is 13.3. The van der Waals surface area contributed by atoms with Gasteiger partial charge in [-0.1, -0.05) is 0 Å². The van der Waals surface area contributed by atoms with Crippen LogP contribution in [0.2, 0.25) is 0 Å². The van der Waals surface area contributed by atoms with E-state index in [1.54, 1.807) is 10.8 Å². The van der Waals surface area contributed by atoms with Gasteiger partial charge < -0.3 is 10.2 Å². The third-order valence-electron chi connectivity index (χ3n) is 3.37. The molecule has 0 saturated carbocycles. The molecular weight excluding hydrogens is 228 g/mol. The topological polar surface area (TPSA) is 50.2 Å². The predicted molar refractivity (Wildman–Crippen MR) is 72.1 cm³/mol. The molecule has 0 fully saturated rings. The van der Waals surface area contributed by atoms with Gasteiger partial charge in [-0.2, -0.15) is 0 Å². The molecule has 0 aliphatic carbocycles. The minimum Gasteiger partial charge on any atom is -0.374 e. The van der Waals surface area contributed by atoms with Crippen LogP contribution in [-0.4, -0.2) is 35.6 Å². The van der Waals surface area contributed by atoms with E-state index < -0.39 is 0 Å². The fourth-order valence-electron chi connectivity index (χ4n) is 2.53. The summed E-state index contributed by atoms with van der Waals surface area (Å²) in [5.74, 6) is 1.81. The molecular formula is C13H20N4O. The van der Waals surface area contributed by atoms with Crippen LogP contribution in [-0.2, 0) is 0 Å². The Hall–Kier alpha value is -1.78. The SMILES string of the molecule is CN/C(=C1\CCC(C)n2c1nccc2=O)N(C)C. The van der Waals surface area contributed by atoms with E-state index >= 15 is 0 Å². The van der Waals surface area contributed by atoms with Crippen LogP contribution < -0.4 is 10.9 Å². The second-order valence-corrected chi connectivity index (χ2v) is 4.84. The third kappa shape index (κ3) is 2.00. The highest BCUT2D eigenvalue weighted by molar-refractivity contribution is 5.64. The molecule has 1 aliphatic rings. The Labute approximate surface area is 107 Å². The first-order valence-electron chi connectivity index (χ1n) is 6.22. The van der Waals surface area contributed by atoms with E-state index in [1.807, 2.05) is 26.0 Å². The molecule has 1 unspecified atom stereocenters. The van der Waals surface area contributed by atoms with Gasteiger partial charge in [-0.3, -0.25) is 9.36 Å². The van der Waals surface area contributed by atoms with Crippen LogP contribution >= 0.6 is 0 Å². The molecule has 1 atom stereocenters. The van der Waals surface area contributed by atoms with Gasteiger partial charge in [0.1, 0.15) is 11.6 Å². The van der Waals surface area contributed by atoms with Crippen molar-refractivity contribution in [2.75, 3.05) is 21.1 Å². The van der Waals surface area contributed by atoms with Gasteiger partial charge >= 0.3 is 0 Å². The van der Waals surface area contributed by atoms with E-state index in [9.17, 15) is 4.79 Å². The molecule has 18 heavy (non-hydrogen) atoms. The molecule has 0 radical (unpaired) electrons. The first-order valence-corrected chi connectivity index (χ1v) is 6.22. The maximum atomic E-state index is 12.0. The summed E-state index contributed by atoms with van der Waals surface area (Å²) in [7, 11) is 5.87. The number of nitrogens with one attached hydrogen (secondary N) is 1. The first kappa shape index (κ1) is 12.7. The average Bonchev–Trinajstić information content (AvgIpc) is 2.32. The third-order valence-corrected chi connectivity index (χ3v) is 3.37. The summed E-state index contributed by atoms with van der Waals surface area (Å²) >= 11 is 0. The van der Waals surface area contributed by atoms with Crippen molar-refractivity contribution < 1.29 is 0 Å². The van der Waals surface area contributed by atoms with Crippen molar-refractivity contribution >= 4 is 5.57 Å². The minimum atomic E-state index is 0.0268. The Morgan fingerprint density at radius 2 is 2.28 bits per heavy atom. The van der Waals surface area contributed by atoms with E-state index in [0.717, 1.165) is 30.1 Å². The number of rotatable bonds is 2. The Morgan fingerprint density at radius 1 is 1.56 bits per heavy atom. The highest BCUT2D eigenvalue weighted by Gasteiger charge is 2.24. The number of allylic oxidation sites excluding steroid dienone is 1. The highest BCUT2D eigenvalue weighted by atomic mass is 16.1. The second-order valence-electron chi connectivity index (χ2n) is 4.84. The predicted octanol–water partition coefficient (Wildman–Crippen LogP) is 1.05. The quantitative estimate of drug-likeness (QED) is 0.850. The summed E-state index contributed by atoms with van der Waals surface area (Å²) < 4.78 is 1.79. The van der Waals surface area contributed by atoms with Crippen molar-refractivity contribution in [3.05, 3.63) is 34.3 Å². The monoisotopic (exact) mass is 248 g/mol. The van der Waals surface area contributed by atoms with Crippen LogP contribution in [0.1, 0.15) is 31.6 Å². The van der Waals surface area contributed by atoms with Gasteiger partial charge in [0, 0.05) is 45.0 Å². The smallest absolute Gasteiger partial charge is 0.253 e. The number of hydrogen-bond acceptors (Lipinski definition) is 4. The standard InChI is InChI=1S/C13H20N4O/c1-9-5-6-10(12(14-2)16(3)4)13-15-8-7-11(18)17(9)13/h7-9,14H,5-6H2,1-4H3/b12-10-. The molecule has 5 nitrogen and oxygen atoms in total. The lowest BCUT2D eigenvalue weighted by molar-refractivity contribution is 0.440. The van der Waals surface area contributed by atoms with Gasteiger partial charge in [-0.25, -0.2) is 4.98 Å². The zero-order valence-electron chi connectivity index (χ0n) is 11.4. The molecule has 0 spiro atoms. The van der Waals surface area contributed by atoms with Crippen molar-refractivity contribution in [2.45, 2.75) is 25.8 Å². The van der Waals surface area contributed by atoms with Crippen molar-refractivity contribution in [2.24, 2.45) is 0 Å². The molecule has 1 aromatic heterocycles. The first-order chi connectivity index (χ1) is 8.56. The summed E-state index contributed by atoms with van der Waals surface area (Å²) in [4.78, 5) is 18.4. The molecule has 5 heteroatoms. The summed E-state index contributed by atoms with van der Waals surface area (Å²) in [6, 6.07) is 1.74. The lowest BCUT2D eigenvalue weighted by atomic mass is 9.99. The van der Waals surface area contributed by atoms with Gasteiger partial charge in [0.2, 0.25) is 0 Å². The number of aromatic nitrogens is 2. The Kier molecular flexibility index (Phi) is 3.41. The maximum Gasteiger partial charge on any atom is 0.253 e. The van der Waals surface area contributed by atoms with Gasteiger partial charge in [-0.05, 0) is 19.8 Å². The fourth-order valence-corrected chi connectivity index (χ4v) is 2.53. The Morgan fingerprint density at radius 3 is 2.89 bits per heavy atom. The highest BCUT2D eigenvalue weighted by Crippen LogP contribution is 2.31. The van der Waals surface area contributed by atoms with Crippen LogP contribution in [0.4, 0.5) is 0 Å². The van der Waals surface area contributed by atoms with Crippen molar-refractivity contribution in [1.82, 2.24) is 19.8 Å². The summed E-state index contributed by atoms with van der Waals surface area (Å²) in [6.07, 6.45) is 3.49. The molecule has 0 aromatic carbocycles. The van der Waals surface area contributed by atoms with Crippen LogP contribution in [0.3, 0.4) is 0 Å². The van der Waals surface area contributed by atoms with E-state index in [4.69, 9.17) is 0 Å². The molecule has 0 amide bonds. The van der Waals surface area contributed by atoms with Crippen LogP contribution in [0, 0.1) is 0 Å². The van der Waals surface area contributed by atoms with Crippen LogP contribution in [0.15, 0.2) is 22.9 Å². The molecule has 2 heterocycles. The van der Waals surface area contributed by atoms with E-state index in [1.165, 1.54) is 6.07 Å². The van der Waals surface area contributed by atoms with Crippen molar-refractivity contribution in [3.63, 3.8) is 0 Å². The summed E-state index contributed by atoms with van der Waals surface area (Å²) in [6.45, 7) is 2.07. The lowest BCUT2D eigenvalue weighted by Crippen LogP contribution is -2.33. The minimum absolute atomic E-state index is 0.0268. The molecule has 1 aromatic rings. The van der Waals surface area contributed by atoms with Gasteiger partial charge in [0.25, 0.3) is 5.56 Å². The van der Waals surface area contributed by atoms with Gasteiger partial charge in [0.05, 0.1) is 0 Å². The summed E-state index contributed by atoms with van der Waals surface area (Å²) in [5, 5.41) is 3.20. The Balaban J connectivity index is 2.67. The molecule has 2 rings (SSSR count). The van der Waals surface area contributed by atoms with Crippen LogP contribution in [0.25, 0.3) is 5.57 Å². The summed E-state index contributed by atoms with van der Waals surface area (Å²) in [5.41, 5.74) is 1.14. The normalized spacial score (nSPS) is 21.2. The largest absolute Gasteiger partial charge is 0.374 e. The molecule has 1 aliphatic heterocycles. The van der Waals surface area contributed by atoms with Crippen molar-refractivity contribution in [1.29, 1.82) is 0 Å². The van der Waals surface area contributed by atoms with Crippen molar-refractivity contribution in [3.8, 4) is 0 Å². The molecule has 0 saturated heterocycles. The van der Waals surface area contributed by atoms with E-state index in [-0.39, 0.29) is 11.6 Å².